The first-order valence-corrected chi connectivity index (χ1v) is 9.12. The first-order chi connectivity index (χ1) is 12.7. The van der Waals surface area contributed by atoms with Crippen molar-refractivity contribution in [3.63, 3.8) is 0 Å². The van der Waals surface area contributed by atoms with Gasteiger partial charge in [0.1, 0.15) is 11.5 Å². The Labute approximate surface area is 152 Å². The first kappa shape index (κ1) is 16.8. The predicted molar refractivity (Wildman–Crippen MR) is 97.4 cm³/mol. The van der Waals surface area contributed by atoms with Gasteiger partial charge in [-0.05, 0) is 56.0 Å². The van der Waals surface area contributed by atoms with Crippen molar-refractivity contribution in [3.8, 4) is 17.4 Å². The van der Waals surface area contributed by atoms with Crippen LogP contribution in [0, 0.1) is 0 Å². The van der Waals surface area contributed by atoms with Gasteiger partial charge in [0.15, 0.2) is 6.61 Å². The Balaban J connectivity index is 1.23. The van der Waals surface area contributed by atoms with E-state index in [0.29, 0.717) is 29.5 Å². The molecular weight excluding hydrogens is 330 g/mol. The van der Waals surface area contributed by atoms with Gasteiger partial charge in [0.2, 0.25) is 5.88 Å². The molecule has 2 N–H and O–H groups in total. The summed E-state index contributed by atoms with van der Waals surface area (Å²) in [5.74, 6) is 1.78. The summed E-state index contributed by atoms with van der Waals surface area (Å²) in [5, 5.41) is 6.67. The lowest BCUT2D eigenvalue weighted by atomic mass is 10.00. The molecule has 2 aliphatic heterocycles. The predicted octanol–water partition coefficient (Wildman–Crippen LogP) is 2.65. The first-order valence-electron chi connectivity index (χ1n) is 9.12. The summed E-state index contributed by atoms with van der Waals surface area (Å²) in [4.78, 5) is 16.3. The van der Waals surface area contributed by atoms with E-state index in [4.69, 9.17) is 9.47 Å². The van der Waals surface area contributed by atoms with Gasteiger partial charge in [-0.25, -0.2) is 4.98 Å². The zero-order chi connectivity index (χ0) is 17.8. The van der Waals surface area contributed by atoms with E-state index in [1.807, 2.05) is 12.1 Å². The van der Waals surface area contributed by atoms with Crippen LogP contribution in [0.5, 0.6) is 17.4 Å². The summed E-state index contributed by atoms with van der Waals surface area (Å²) in [5.41, 5.74) is 0. The minimum atomic E-state index is -0.0647. The minimum Gasteiger partial charge on any atom is -0.484 e. The fourth-order valence-corrected chi connectivity index (χ4v) is 3.73. The van der Waals surface area contributed by atoms with Crippen molar-refractivity contribution in [1.82, 2.24) is 15.6 Å². The molecule has 2 fully saturated rings. The lowest BCUT2D eigenvalue weighted by Gasteiger charge is -2.29. The third kappa shape index (κ3) is 4.32. The molecule has 2 saturated heterocycles. The van der Waals surface area contributed by atoms with Crippen LogP contribution < -0.4 is 20.1 Å². The molecule has 1 amide bonds. The van der Waals surface area contributed by atoms with Crippen molar-refractivity contribution >= 4 is 5.91 Å². The number of rotatable bonds is 6. The molecule has 3 heterocycles. The number of carbonyl (C=O) groups is 1. The van der Waals surface area contributed by atoms with Gasteiger partial charge in [-0.3, -0.25) is 4.79 Å². The summed E-state index contributed by atoms with van der Waals surface area (Å²) in [7, 11) is 0. The van der Waals surface area contributed by atoms with Crippen molar-refractivity contribution < 1.29 is 14.3 Å². The van der Waals surface area contributed by atoms with Crippen LogP contribution in [0.1, 0.15) is 25.7 Å². The van der Waals surface area contributed by atoms with E-state index in [9.17, 15) is 4.79 Å². The van der Waals surface area contributed by atoms with Gasteiger partial charge in [-0.15, -0.1) is 0 Å². The van der Waals surface area contributed by atoms with Gasteiger partial charge in [0.05, 0.1) is 0 Å². The molecule has 0 aliphatic carbocycles. The smallest absolute Gasteiger partial charge is 0.258 e. The highest BCUT2D eigenvalue weighted by molar-refractivity contribution is 5.77. The molecular formula is C20H23N3O3. The van der Waals surface area contributed by atoms with Crippen LogP contribution in [-0.4, -0.2) is 35.6 Å². The average Bonchev–Trinajstić information content (AvgIpc) is 3.00. The van der Waals surface area contributed by atoms with Crippen LogP contribution in [-0.2, 0) is 4.79 Å². The number of hydrogen-bond donors (Lipinski definition) is 2. The van der Waals surface area contributed by atoms with E-state index in [1.165, 1.54) is 12.8 Å². The highest BCUT2D eigenvalue weighted by atomic mass is 16.5. The topological polar surface area (TPSA) is 72.5 Å². The molecule has 6 heteroatoms. The Bertz CT molecular complexity index is 724. The summed E-state index contributed by atoms with van der Waals surface area (Å²) in [6, 6.07) is 14.1. The zero-order valence-corrected chi connectivity index (χ0v) is 14.6. The molecule has 2 atom stereocenters. The van der Waals surface area contributed by atoms with Crippen molar-refractivity contribution in [2.24, 2.45) is 0 Å². The van der Waals surface area contributed by atoms with E-state index in [0.717, 1.165) is 12.8 Å². The molecule has 0 saturated carbocycles. The van der Waals surface area contributed by atoms with E-state index in [1.54, 1.807) is 36.5 Å². The highest BCUT2D eigenvalue weighted by Gasteiger charge is 2.33. The van der Waals surface area contributed by atoms with Gasteiger partial charge in [-0.2, -0.15) is 0 Å². The second-order valence-electron chi connectivity index (χ2n) is 6.90. The monoisotopic (exact) mass is 353 g/mol. The largest absolute Gasteiger partial charge is 0.484 e. The molecule has 4 rings (SSSR count). The molecule has 1 aromatic heterocycles. The van der Waals surface area contributed by atoms with Crippen LogP contribution in [0.2, 0.25) is 0 Å². The fraction of sp³-hybridized carbons (Fsp3) is 0.400. The molecule has 2 aromatic rings. The summed E-state index contributed by atoms with van der Waals surface area (Å²) < 4.78 is 11.2. The van der Waals surface area contributed by atoms with Gasteiger partial charge in [0.25, 0.3) is 5.91 Å². The van der Waals surface area contributed by atoms with Gasteiger partial charge < -0.3 is 20.1 Å². The number of amides is 1. The van der Waals surface area contributed by atoms with Crippen LogP contribution in [0.3, 0.4) is 0 Å². The normalized spacial score (nSPS) is 24.1. The number of carbonyl (C=O) groups excluding carboxylic acids is 1. The van der Waals surface area contributed by atoms with Crippen molar-refractivity contribution in [2.45, 2.75) is 43.8 Å². The van der Waals surface area contributed by atoms with Crippen LogP contribution in [0.25, 0.3) is 0 Å². The van der Waals surface area contributed by atoms with Gasteiger partial charge in [-0.1, -0.05) is 6.07 Å². The maximum absolute atomic E-state index is 12.1. The quantitative estimate of drug-likeness (QED) is 0.835. The van der Waals surface area contributed by atoms with Crippen LogP contribution in [0.4, 0.5) is 0 Å². The average molecular weight is 353 g/mol. The lowest BCUT2D eigenvalue weighted by molar-refractivity contribution is -0.124. The number of pyridine rings is 1. The number of fused-ring (bicyclic) bond motifs is 2. The molecule has 2 bridgehead atoms. The maximum Gasteiger partial charge on any atom is 0.258 e. The van der Waals surface area contributed by atoms with Crippen molar-refractivity contribution in [3.05, 3.63) is 48.7 Å². The summed E-state index contributed by atoms with van der Waals surface area (Å²) in [6.45, 7) is 0.0275. The summed E-state index contributed by atoms with van der Waals surface area (Å²) >= 11 is 0. The minimum absolute atomic E-state index is 0.0275. The lowest BCUT2D eigenvalue weighted by Crippen LogP contribution is -2.48. The number of aromatic nitrogens is 1. The highest BCUT2D eigenvalue weighted by Crippen LogP contribution is 2.27. The van der Waals surface area contributed by atoms with Gasteiger partial charge in [0, 0.05) is 30.4 Å². The molecule has 6 nitrogen and oxygen atoms in total. The molecule has 26 heavy (non-hydrogen) atoms. The number of benzene rings is 1. The molecule has 0 spiro atoms. The zero-order valence-electron chi connectivity index (χ0n) is 14.6. The van der Waals surface area contributed by atoms with Crippen LogP contribution in [0.15, 0.2) is 48.7 Å². The Kier molecular flexibility index (Phi) is 5.02. The SMILES string of the molecule is O=C(COc1ccc(Oc2ccccn2)cc1)NC1CC2CCC(C1)N2. The second kappa shape index (κ2) is 7.74. The number of ether oxygens (including phenoxy) is 2. The Morgan fingerprint density at radius 1 is 1.08 bits per heavy atom. The summed E-state index contributed by atoms with van der Waals surface area (Å²) in [6.07, 6.45) is 6.16. The standard InChI is InChI=1S/C20H23N3O3/c24-19(23-16-11-14-4-5-15(12-16)22-14)13-25-17-6-8-18(9-7-17)26-20-3-1-2-10-21-20/h1-3,6-10,14-16,22H,4-5,11-13H2,(H,23,24). The Morgan fingerprint density at radius 3 is 2.50 bits per heavy atom. The number of nitrogens with one attached hydrogen (secondary N) is 2. The molecule has 1 aromatic carbocycles. The maximum atomic E-state index is 12.1. The van der Waals surface area contributed by atoms with Crippen LogP contribution >= 0.6 is 0 Å². The third-order valence-corrected chi connectivity index (χ3v) is 4.89. The Morgan fingerprint density at radius 2 is 1.81 bits per heavy atom. The molecule has 136 valence electrons. The number of nitrogens with zero attached hydrogens (tertiary/aromatic N) is 1. The van der Waals surface area contributed by atoms with Gasteiger partial charge >= 0.3 is 0 Å². The second-order valence-corrected chi connectivity index (χ2v) is 6.90. The number of piperidine rings is 1. The van der Waals surface area contributed by atoms with E-state index < -0.39 is 0 Å². The fourth-order valence-electron chi connectivity index (χ4n) is 3.73. The molecule has 2 aliphatic rings. The van der Waals surface area contributed by atoms with E-state index in [-0.39, 0.29) is 18.6 Å². The molecule has 0 radical (unpaired) electrons. The van der Waals surface area contributed by atoms with Crippen molar-refractivity contribution in [1.29, 1.82) is 0 Å². The Hall–Kier alpha value is -2.60. The number of hydrogen-bond acceptors (Lipinski definition) is 5. The van der Waals surface area contributed by atoms with E-state index in [2.05, 4.69) is 15.6 Å². The van der Waals surface area contributed by atoms with Crippen molar-refractivity contribution in [2.75, 3.05) is 6.61 Å². The van der Waals surface area contributed by atoms with E-state index >= 15 is 0 Å². The third-order valence-electron chi connectivity index (χ3n) is 4.89. The molecule has 2 unspecified atom stereocenters.